The van der Waals surface area contributed by atoms with E-state index in [-0.39, 0.29) is 17.7 Å². The molecule has 1 aliphatic heterocycles. The van der Waals surface area contributed by atoms with Crippen LogP contribution in [0.4, 0.5) is 0 Å². The number of amides is 1. The number of aromatic nitrogens is 3. The van der Waals surface area contributed by atoms with Crippen LogP contribution in [-0.2, 0) is 9.59 Å². The number of nitrogens with one attached hydrogen (secondary N) is 1. The summed E-state index contributed by atoms with van der Waals surface area (Å²) in [5.74, 6) is -1.01. The molecule has 0 bridgehead atoms. The van der Waals surface area contributed by atoms with Crippen molar-refractivity contribution in [3.63, 3.8) is 0 Å². The first-order chi connectivity index (χ1) is 9.40. The van der Waals surface area contributed by atoms with Gasteiger partial charge in [0, 0.05) is 19.0 Å². The Morgan fingerprint density at radius 3 is 2.65 bits per heavy atom. The summed E-state index contributed by atoms with van der Waals surface area (Å²) in [6.07, 6.45) is 0.771. The molecule has 1 aromatic heterocycles. The number of aryl methyl sites for hydroxylation is 1. The molecule has 2 heterocycles. The summed E-state index contributed by atoms with van der Waals surface area (Å²) in [5.41, 5.74) is 0. The van der Waals surface area contributed by atoms with Crippen LogP contribution in [0.5, 0.6) is 0 Å². The number of hydrogen-bond acceptors (Lipinski definition) is 4. The zero-order valence-electron chi connectivity index (χ0n) is 12.0. The van der Waals surface area contributed by atoms with Crippen LogP contribution in [0.2, 0.25) is 0 Å². The van der Waals surface area contributed by atoms with Crippen molar-refractivity contribution in [3.05, 3.63) is 11.6 Å². The van der Waals surface area contributed by atoms with E-state index in [0.29, 0.717) is 18.9 Å². The number of nitrogens with zero attached hydrogens (tertiary/aromatic N) is 3. The quantitative estimate of drug-likeness (QED) is 0.794. The van der Waals surface area contributed by atoms with Gasteiger partial charge in [0.2, 0.25) is 5.91 Å². The molecular weight excluding hydrogens is 260 g/mol. The maximum Gasteiger partial charge on any atom is 0.316 e. The highest BCUT2D eigenvalue weighted by Crippen LogP contribution is 2.27. The Balaban J connectivity index is 2.05. The van der Waals surface area contributed by atoms with Gasteiger partial charge < -0.3 is 10.0 Å². The van der Waals surface area contributed by atoms with E-state index in [1.807, 2.05) is 6.92 Å². The van der Waals surface area contributed by atoms with Crippen molar-refractivity contribution < 1.29 is 14.7 Å². The van der Waals surface area contributed by atoms with Crippen molar-refractivity contribution in [2.24, 2.45) is 11.8 Å². The van der Waals surface area contributed by atoms with Gasteiger partial charge in [0.05, 0.1) is 0 Å². The Bertz CT molecular complexity index is 511. The van der Waals surface area contributed by atoms with E-state index in [2.05, 4.69) is 15.2 Å². The van der Waals surface area contributed by atoms with Crippen LogP contribution < -0.4 is 0 Å². The van der Waals surface area contributed by atoms with Gasteiger partial charge in [-0.15, -0.1) is 0 Å². The minimum absolute atomic E-state index is 0.0884. The SMILES string of the molecule is Cc1nc(C2CCN(C(=O)C(C(=O)O)C(C)C)C2)n[nH]1. The van der Waals surface area contributed by atoms with E-state index >= 15 is 0 Å². The standard InChI is InChI=1S/C13H20N4O3/c1-7(2)10(13(19)20)12(18)17-5-4-9(6-17)11-14-8(3)15-16-11/h7,9-10H,4-6H2,1-3H3,(H,19,20)(H,14,15,16). The molecule has 0 radical (unpaired) electrons. The van der Waals surface area contributed by atoms with Crippen LogP contribution in [-0.4, -0.2) is 50.2 Å². The average Bonchev–Trinajstić information content (AvgIpc) is 2.95. The summed E-state index contributed by atoms with van der Waals surface area (Å²) in [7, 11) is 0. The number of aromatic amines is 1. The number of aliphatic carboxylic acids is 1. The third-order valence-electron chi connectivity index (χ3n) is 3.68. The van der Waals surface area contributed by atoms with Gasteiger partial charge in [0.25, 0.3) is 0 Å². The number of likely N-dealkylation sites (tertiary alicyclic amines) is 1. The molecule has 1 amide bonds. The second-order valence-corrected chi connectivity index (χ2v) is 5.61. The Hall–Kier alpha value is -1.92. The lowest BCUT2D eigenvalue weighted by atomic mass is 9.94. The number of H-pyrrole nitrogens is 1. The predicted octanol–water partition coefficient (Wildman–Crippen LogP) is 0.786. The van der Waals surface area contributed by atoms with E-state index in [4.69, 9.17) is 0 Å². The summed E-state index contributed by atoms with van der Waals surface area (Å²) in [6, 6.07) is 0. The minimum Gasteiger partial charge on any atom is -0.481 e. The second kappa shape index (κ2) is 5.60. The molecule has 1 aliphatic rings. The molecule has 2 atom stereocenters. The number of carbonyl (C=O) groups is 2. The lowest BCUT2D eigenvalue weighted by molar-refractivity contribution is -0.152. The summed E-state index contributed by atoms with van der Waals surface area (Å²) in [6.45, 7) is 6.39. The monoisotopic (exact) mass is 280 g/mol. The van der Waals surface area contributed by atoms with E-state index in [9.17, 15) is 14.7 Å². The molecule has 1 aromatic rings. The maximum absolute atomic E-state index is 12.3. The largest absolute Gasteiger partial charge is 0.481 e. The van der Waals surface area contributed by atoms with E-state index in [1.54, 1.807) is 18.7 Å². The fourth-order valence-electron chi connectivity index (χ4n) is 2.59. The van der Waals surface area contributed by atoms with E-state index in [0.717, 1.165) is 12.2 Å². The minimum atomic E-state index is -1.05. The van der Waals surface area contributed by atoms with Crippen LogP contribution >= 0.6 is 0 Å². The van der Waals surface area contributed by atoms with Crippen LogP contribution in [0, 0.1) is 18.8 Å². The molecular formula is C13H20N4O3. The smallest absolute Gasteiger partial charge is 0.316 e. The van der Waals surface area contributed by atoms with Gasteiger partial charge in [0.1, 0.15) is 11.7 Å². The van der Waals surface area contributed by atoms with E-state index < -0.39 is 11.9 Å². The molecule has 7 heteroatoms. The summed E-state index contributed by atoms with van der Waals surface area (Å²) < 4.78 is 0. The zero-order valence-corrected chi connectivity index (χ0v) is 12.0. The third-order valence-corrected chi connectivity index (χ3v) is 3.68. The zero-order chi connectivity index (χ0) is 14.9. The number of carboxylic acid groups (broad SMARTS) is 1. The first kappa shape index (κ1) is 14.5. The van der Waals surface area contributed by atoms with Crippen molar-refractivity contribution in [1.29, 1.82) is 0 Å². The van der Waals surface area contributed by atoms with Gasteiger partial charge in [-0.3, -0.25) is 14.7 Å². The van der Waals surface area contributed by atoms with Crippen LogP contribution in [0.25, 0.3) is 0 Å². The Morgan fingerprint density at radius 1 is 1.45 bits per heavy atom. The molecule has 0 saturated carbocycles. The van der Waals surface area contributed by atoms with Crippen LogP contribution in [0.15, 0.2) is 0 Å². The normalized spacial score (nSPS) is 20.4. The lowest BCUT2D eigenvalue weighted by Crippen LogP contribution is -2.40. The summed E-state index contributed by atoms with van der Waals surface area (Å²) in [4.78, 5) is 29.4. The molecule has 1 fully saturated rings. The third kappa shape index (κ3) is 2.81. The number of carboxylic acids is 1. The predicted molar refractivity (Wildman–Crippen MR) is 71.0 cm³/mol. The van der Waals surface area contributed by atoms with Crippen molar-refractivity contribution in [2.75, 3.05) is 13.1 Å². The number of hydrogen-bond donors (Lipinski definition) is 2. The van der Waals surface area contributed by atoms with Gasteiger partial charge >= 0.3 is 5.97 Å². The van der Waals surface area contributed by atoms with Crippen LogP contribution in [0.3, 0.4) is 0 Å². The van der Waals surface area contributed by atoms with Crippen molar-refractivity contribution in [1.82, 2.24) is 20.1 Å². The second-order valence-electron chi connectivity index (χ2n) is 5.61. The fraction of sp³-hybridized carbons (Fsp3) is 0.692. The van der Waals surface area contributed by atoms with Crippen molar-refractivity contribution in [3.8, 4) is 0 Å². The van der Waals surface area contributed by atoms with Crippen molar-refractivity contribution >= 4 is 11.9 Å². The summed E-state index contributed by atoms with van der Waals surface area (Å²) in [5, 5.41) is 16.1. The molecule has 20 heavy (non-hydrogen) atoms. The number of rotatable bonds is 4. The molecule has 2 N–H and O–H groups in total. The molecule has 2 rings (SSSR count). The molecule has 110 valence electrons. The van der Waals surface area contributed by atoms with Crippen LogP contribution in [0.1, 0.15) is 37.8 Å². The van der Waals surface area contributed by atoms with Gasteiger partial charge in [-0.05, 0) is 19.3 Å². The molecule has 1 saturated heterocycles. The fourth-order valence-corrected chi connectivity index (χ4v) is 2.59. The molecule has 0 aliphatic carbocycles. The summed E-state index contributed by atoms with van der Waals surface area (Å²) >= 11 is 0. The van der Waals surface area contributed by atoms with Gasteiger partial charge in [-0.1, -0.05) is 13.8 Å². The Morgan fingerprint density at radius 2 is 2.15 bits per heavy atom. The topological polar surface area (TPSA) is 99.2 Å². The van der Waals surface area contributed by atoms with Gasteiger partial charge in [-0.2, -0.15) is 5.10 Å². The van der Waals surface area contributed by atoms with E-state index in [1.165, 1.54) is 0 Å². The molecule has 0 spiro atoms. The first-order valence-electron chi connectivity index (χ1n) is 6.80. The van der Waals surface area contributed by atoms with Gasteiger partial charge in [0.15, 0.2) is 5.82 Å². The highest BCUT2D eigenvalue weighted by atomic mass is 16.4. The van der Waals surface area contributed by atoms with Crippen molar-refractivity contribution in [2.45, 2.75) is 33.1 Å². The Labute approximate surface area is 117 Å². The lowest BCUT2D eigenvalue weighted by Gasteiger charge is -2.23. The molecule has 7 nitrogen and oxygen atoms in total. The Kier molecular flexibility index (Phi) is 4.06. The van der Waals surface area contributed by atoms with Gasteiger partial charge in [-0.25, -0.2) is 4.98 Å². The maximum atomic E-state index is 12.3. The molecule has 2 unspecified atom stereocenters. The molecule has 0 aromatic carbocycles. The highest BCUT2D eigenvalue weighted by molar-refractivity contribution is 5.97. The highest BCUT2D eigenvalue weighted by Gasteiger charge is 2.37. The average molecular weight is 280 g/mol. The number of carbonyl (C=O) groups excluding carboxylic acids is 1. The first-order valence-corrected chi connectivity index (χ1v) is 6.80.